The van der Waals surface area contributed by atoms with Crippen LogP contribution in [-0.2, 0) is 0 Å². The quantitative estimate of drug-likeness (QED) is 0.320. The Morgan fingerprint density at radius 3 is 1.71 bits per heavy atom. The van der Waals surface area contributed by atoms with Crippen molar-refractivity contribution in [3.8, 4) is 0 Å². The summed E-state index contributed by atoms with van der Waals surface area (Å²) in [4.78, 5) is 0. The van der Waals surface area contributed by atoms with Crippen LogP contribution in [0.3, 0.4) is 0 Å². The SMILES string of the molecule is [CH2]CCCCCCCCC(C)CCCCCC. The van der Waals surface area contributed by atoms with E-state index >= 15 is 0 Å². The van der Waals surface area contributed by atoms with Crippen molar-refractivity contribution >= 4 is 0 Å². The van der Waals surface area contributed by atoms with Gasteiger partial charge in [-0.05, 0) is 5.92 Å². The van der Waals surface area contributed by atoms with E-state index < -0.39 is 0 Å². The Bertz CT molecular complexity index is 128. The summed E-state index contributed by atoms with van der Waals surface area (Å²) >= 11 is 0. The Kier molecular flexibility index (Phi) is 14.1. The molecule has 0 rings (SSSR count). The van der Waals surface area contributed by atoms with Crippen molar-refractivity contribution in [3.63, 3.8) is 0 Å². The van der Waals surface area contributed by atoms with E-state index in [1.807, 2.05) is 0 Å². The summed E-state index contributed by atoms with van der Waals surface area (Å²) < 4.78 is 0. The van der Waals surface area contributed by atoms with Crippen LogP contribution in [0, 0.1) is 12.8 Å². The summed E-state index contributed by atoms with van der Waals surface area (Å²) in [6.45, 7) is 8.61. The summed E-state index contributed by atoms with van der Waals surface area (Å²) in [5.74, 6) is 0.965. The molecule has 0 heteroatoms. The molecule has 0 saturated carbocycles. The predicted octanol–water partition coefficient (Wildman–Crippen LogP) is 6.55. The molecule has 1 radical (unpaired) electrons. The van der Waals surface area contributed by atoms with Crippen LogP contribution in [0.1, 0.15) is 97.3 Å². The minimum atomic E-state index is 0.965. The van der Waals surface area contributed by atoms with Crippen LogP contribution in [0.5, 0.6) is 0 Å². The highest BCUT2D eigenvalue weighted by molar-refractivity contribution is 4.55. The van der Waals surface area contributed by atoms with E-state index in [2.05, 4.69) is 20.8 Å². The van der Waals surface area contributed by atoms with E-state index in [0.717, 1.165) is 12.3 Å². The van der Waals surface area contributed by atoms with Crippen molar-refractivity contribution in [2.24, 2.45) is 5.92 Å². The molecule has 0 N–H and O–H groups in total. The summed E-state index contributed by atoms with van der Waals surface area (Å²) in [5, 5.41) is 0. The molecule has 0 fully saturated rings. The number of hydrogen-bond donors (Lipinski definition) is 0. The molecular formula is C17H35. The molecule has 103 valence electrons. The van der Waals surface area contributed by atoms with Crippen LogP contribution in [0.15, 0.2) is 0 Å². The van der Waals surface area contributed by atoms with Crippen LogP contribution in [0.2, 0.25) is 0 Å². The highest BCUT2D eigenvalue weighted by Crippen LogP contribution is 2.17. The minimum Gasteiger partial charge on any atom is -0.0654 e. The zero-order valence-electron chi connectivity index (χ0n) is 12.5. The van der Waals surface area contributed by atoms with Crippen molar-refractivity contribution < 1.29 is 0 Å². The zero-order valence-corrected chi connectivity index (χ0v) is 12.5. The molecular weight excluding hydrogens is 204 g/mol. The minimum absolute atomic E-state index is 0.965. The van der Waals surface area contributed by atoms with Gasteiger partial charge in [0, 0.05) is 0 Å². The third-order valence-electron chi connectivity index (χ3n) is 3.75. The second-order valence-electron chi connectivity index (χ2n) is 5.72. The van der Waals surface area contributed by atoms with Crippen molar-refractivity contribution in [3.05, 3.63) is 6.92 Å². The second kappa shape index (κ2) is 14.1. The second-order valence-corrected chi connectivity index (χ2v) is 5.72. The molecule has 0 spiro atoms. The zero-order chi connectivity index (χ0) is 12.8. The first-order chi connectivity index (χ1) is 8.31. The Morgan fingerprint density at radius 1 is 0.706 bits per heavy atom. The lowest BCUT2D eigenvalue weighted by Gasteiger charge is -2.10. The number of rotatable bonds is 13. The molecule has 0 bridgehead atoms. The van der Waals surface area contributed by atoms with E-state index in [0.29, 0.717) is 0 Å². The van der Waals surface area contributed by atoms with Crippen molar-refractivity contribution in [2.45, 2.75) is 97.3 Å². The lowest BCUT2D eigenvalue weighted by Crippen LogP contribution is -1.95. The molecule has 0 aromatic carbocycles. The fourth-order valence-electron chi connectivity index (χ4n) is 2.44. The van der Waals surface area contributed by atoms with Gasteiger partial charge in [-0.3, -0.25) is 0 Å². The van der Waals surface area contributed by atoms with Gasteiger partial charge >= 0.3 is 0 Å². The molecule has 0 saturated heterocycles. The van der Waals surface area contributed by atoms with Crippen LogP contribution in [0.4, 0.5) is 0 Å². The van der Waals surface area contributed by atoms with Crippen molar-refractivity contribution in [1.82, 2.24) is 0 Å². The topological polar surface area (TPSA) is 0 Å². The molecule has 0 aromatic heterocycles. The van der Waals surface area contributed by atoms with Gasteiger partial charge in [-0.25, -0.2) is 0 Å². The van der Waals surface area contributed by atoms with Gasteiger partial charge in [0.05, 0.1) is 0 Å². The summed E-state index contributed by atoms with van der Waals surface area (Å²) in [5.41, 5.74) is 0. The first-order valence-electron chi connectivity index (χ1n) is 8.10. The predicted molar refractivity (Wildman–Crippen MR) is 80.2 cm³/mol. The van der Waals surface area contributed by atoms with Crippen LogP contribution < -0.4 is 0 Å². The molecule has 0 aliphatic heterocycles. The van der Waals surface area contributed by atoms with Crippen LogP contribution in [-0.4, -0.2) is 0 Å². The van der Waals surface area contributed by atoms with Gasteiger partial charge in [0.25, 0.3) is 0 Å². The molecule has 0 aromatic rings. The van der Waals surface area contributed by atoms with E-state index in [9.17, 15) is 0 Å². The monoisotopic (exact) mass is 239 g/mol. The van der Waals surface area contributed by atoms with Gasteiger partial charge in [0.2, 0.25) is 0 Å². The van der Waals surface area contributed by atoms with Crippen LogP contribution >= 0.6 is 0 Å². The molecule has 0 heterocycles. The van der Waals surface area contributed by atoms with Crippen molar-refractivity contribution in [2.75, 3.05) is 0 Å². The average molecular weight is 239 g/mol. The van der Waals surface area contributed by atoms with Crippen LogP contribution in [0.25, 0.3) is 0 Å². The summed E-state index contributed by atoms with van der Waals surface area (Å²) in [6.07, 6.45) is 18.3. The van der Waals surface area contributed by atoms with Gasteiger partial charge in [0.1, 0.15) is 0 Å². The molecule has 1 unspecified atom stereocenters. The van der Waals surface area contributed by atoms with E-state index in [-0.39, 0.29) is 0 Å². The molecule has 0 amide bonds. The van der Waals surface area contributed by atoms with Gasteiger partial charge in [-0.15, -0.1) is 0 Å². The lowest BCUT2D eigenvalue weighted by molar-refractivity contribution is 0.433. The first kappa shape index (κ1) is 17.0. The standard InChI is InChI=1S/C17H35/c1-4-6-8-10-11-12-14-16-17(3)15-13-9-7-5-2/h17H,1,4-16H2,2-3H3. The van der Waals surface area contributed by atoms with E-state index in [4.69, 9.17) is 0 Å². The van der Waals surface area contributed by atoms with Gasteiger partial charge < -0.3 is 0 Å². The van der Waals surface area contributed by atoms with Gasteiger partial charge in [-0.1, -0.05) is 104 Å². The van der Waals surface area contributed by atoms with Gasteiger partial charge in [-0.2, -0.15) is 0 Å². The largest absolute Gasteiger partial charge is 0.0654 e. The maximum Gasteiger partial charge on any atom is -0.0443 e. The average Bonchev–Trinajstić information content (AvgIpc) is 2.33. The third kappa shape index (κ3) is 13.9. The fraction of sp³-hybridized carbons (Fsp3) is 0.941. The highest BCUT2D eigenvalue weighted by Gasteiger charge is 2.01. The first-order valence-corrected chi connectivity index (χ1v) is 8.10. The Labute approximate surface area is 111 Å². The molecule has 1 atom stereocenters. The summed E-state index contributed by atoms with van der Waals surface area (Å²) in [6, 6.07) is 0. The van der Waals surface area contributed by atoms with Crippen molar-refractivity contribution in [1.29, 1.82) is 0 Å². The van der Waals surface area contributed by atoms with E-state index in [1.54, 1.807) is 0 Å². The fourth-order valence-corrected chi connectivity index (χ4v) is 2.44. The Balaban J connectivity index is 3.08. The highest BCUT2D eigenvalue weighted by atomic mass is 14.1. The Morgan fingerprint density at radius 2 is 1.18 bits per heavy atom. The molecule has 0 aliphatic carbocycles. The molecule has 0 nitrogen and oxygen atoms in total. The maximum absolute atomic E-state index is 3.88. The maximum atomic E-state index is 3.88. The number of hydrogen-bond acceptors (Lipinski definition) is 0. The van der Waals surface area contributed by atoms with Gasteiger partial charge in [0.15, 0.2) is 0 Å². The Hall–Kier alpha value is 0. The molecule has 0 aliphatic rings. The molecule has 17 heavy (non-hydrogen) atoms. The third-order valence-corrected chi connectivity index (χ3v) is 3.75. The summed E-state index contributed by atoms with van der Waals surface area (Å²) in [7, 11) is 0. The smallest absolute Gasteiger partial charge is 0.0443 e. The normalized spacial score (nSPS) is 12.9. The number of unbranched alkanes of at least 4 members (excludes halogenated alkanes) is 9. The van der Waals surface area contributed by atoms with E-state index in [1.165, 1.54) is 77.0 Å². The lowest BCUT2D eigenvalue weighted by atomic mass is 9.96.